The molecule has 2 N–H and O–H groups in total. The molecule has 2 aliphatic rings. The third-order valence-electron chi connectivity index (χ3n) is 4.10. The molecule has 4 rings (SSSR count). The van der Waals surface area contributed by atoms with E-state index < -0.39 is 0 Å². The van der Waals surface area contributed by atoms with Crippen LogP contribution in [-0.2, 0) is 0 Å². The van der Waals surface area contributed by atoms with E-state index in [1.807, 2.05) is 6.07 Å². The van der Waals surface area contributed by atoms with Gasteiger partial charge >= 0.3 is 0 Å². The molecule has 5 heteroatoms. The Bertz CT molecular complexity index is 659. The molecule has 1 amide bonds. The minimum atomic E-state index is -0.260. The quantitative estimate of drug-likeness (QED) is 0.880. The number of halogens is 1. The zero-order chi connectivity index (χ0) is 13.0. The zero-order valence-electron chi connectivity index (χ0n) is 10.2. The summed E-state index contributed by atoms with van der Waals surface area (Å²) in [6.45, 7) is 2.01. The van der Waals surface area contributed by atoms with E-state index in [9.17, 15) is 9.18 Å². The molecular weight excluding hydrogens is 263 g/mol. The van der Waals surface area contributed by atoms with Crippen molar-refractivity contribution < 1.29 is 9.18 Å². The monoisotopic (exact) mass is 276 g/mol. The van der Waals surface area contributed by atoms with Gasteiger partial charge in [0.1, 0.15) is 5.82 Å². The smallest absolute Gasteiger partial charge is 0.261 e. The van der Waals surface area contributed by atoms with Crippen LogP contribution in [0.3, 0.4) is 0 Å². The van der Waals surface area contributed by atoms with Crippen LogP contribution in [0.15, 0.2) is 24.3 Å². The molecule has 0 bridgehead atoms. The van der Waals surface area contributed by atoms with E-state index in [-0.39, 0.29) is 11.7 Å². The number of nitrogens with one attached hydrogen (secondary N) is 2. The van der Waals surface area contributed by atoms with Crippen molar-refractivity contribution >= 4 is 27.3 Å². The van der Waals surface area contributed by atoms with E-state index >= 15 is 0 Å². The predicted molar refractivity (Wildman–Crippen MR) is 72.9 cm³/mol. The van der Waals surface area contributed by atoms with Gasteiger partial charge in [0.15, 0.2) is 0 Å². The van der Waals surface area contributed by atoms with Gasteiger partial charge in [-0.15, -0.1) is 11.3 Å². The first kappa shape index (κ1) is 11.4. The van der Waals surface area contributed by atoms with Crippen LogP contribution >= 0.6 is 11.3 Å². The third kappa shape index (κ3) is 1.84. The number of carbonyl (C=O) groups is 1. The lowest BCUT2D eigenvalue weighted by Crippen LogP contribution is -2.32. The standard InChI is InChI=1S/C14H13FN2OS/c15-8-2-1-7-3-12(19-11(7)4-8)14(18)17-13-9-5-16-6-10(9)13/h1-4,9-10,13,16H,5-6H2,(H,17,18). The van der Waals surface area contributed by atoms with E-state index in [1.165, 1.54) is 23.5 Å². The molecule has 2 unspecified atom stereocenters. The molecule has 1 aliphatic carbocycles. The lowest BCUT2D eigenvalue weighted by atomic mass is 10.2. The van der Waals surface area contributed by atoms with E-state index in [1.54, 1.807) is 6.07 Å². The Morgan fingerprint density at radius 2 is 2.11 bits per heavy atom. The number of hydrogen-bond acceptors (Lipinski definition) is 3. The molecule has 1 saturated carbocycles. The number of piperidine rings is 1. The van der Waals surface area contributed by atoms with Gasteiger partial charge < -0.3 is 10.6 Å². The number of thiophene rings is 1. The van der Waals surface area contributed by atoms with Crippen molar-refractivity contribution in [3.8, 4) is 0 Å². The minimum absolute atomic E-state index is 0.0268. The van der Waals surface area contributed by atoms with Crippen molar-refractivity contribution in [3.63, 3.8) is 0 Å². The molecule has 2 aromatic rings. The van der Waals surface area contributed by atoms with E-state index in [2.05, 4.69) is 10.6 Å². The van der Waals surface area contributed by atoms with Gasteiger partial charge in [-0.05, 0) is 35.4 Å². The molecule has 1 aromatic heterocycles. The summed E-state index contributed by atoms with van der Waals surface area (Å²) in [5.74, 6) is 0.927. The second-order valence-electron chi connectivity index (χ2n) is 5.28. The summed E-state index contributed by atoms with van der Waals surface area (Å²) < 4.78 is 13.9. The minimum Gasteiger partial charge on any atom is -0.348 e. The van der Waals surface area contributed by atoms with Gasteiger partial charge in [-0.1, -0.05) is 6.07 Å². The summed E-state index contributed by atoms with van der Waals surface area (Å²) in [5, 5.41) is 7.31. The highest BCUT2D eigenvalue weighted by molar-refractivity contribution is 7.20. The first-order valence-corrected chi connectivity index (χ1v) is 7.25. The lowest BCUT2D eigenvalue weighted by Gasteiger charge is -2.05. The third-order valence-corrected chi connectivity index (χ3v) is 5.19. The molecule has 1 saturated heterocycles. The first-order chi connectivity index (χ1) is 9.22. The summed E-state index contributed by atoms with van der Waals surface area (Å²) in [7, 11) is 0. The first-order valence-electron chi connectivity index (χ1n) is 6.43. The highest BCUT2D eigenvalue weighted by Crippen LogP contribution is 2.42. The average molecular weight is 276 g/mol. The van der Waals surface area contributed by atoms with E-state index in [4.69, 9.17) is 0 Å². The van der Waals surface area contributed by atoms with Crippen molar-refractivity contribution in [1.82, 2.24) is 10.6 Å². The highest BCUT2D eigenvalue weighted by Gasteiger charge is 2.53. The Labute approximate surface area is 113 Å². The van der Waals surface area contributed by atoms with E-state index in [0.29, 0.717) is 22.8 Å². The summed E-state index contributed by atoms with van der Waals surface area (Å²) in [6, 6.07) is 6.79. The van der Waals surface area contributed by atoms with Crippen LogP contribution in [0.1, 0.15) is 9.67 Å². The normalized spacial score (nSPS) is 28.4. The number of carbonyl (C=O) groups excluding carboxylic acids is 1. The fourth-order valence-electron chi connectivity index (χ4n) is 2.97. The summed E-state index contributed by atoms with van der Waals surface area (Å²) >= 11 is 1.35. The Morgan fingerprint density at radius 3 is 2.89 bits per heavy atom. The summed E-state index contributed by atoms with van der Waals surface area (Å²) in [4.78, 5) is 12.8. The molecule has 0 spiro atoms. The van der Waals surface area contributed by atoms with Gasteiger partial charge in [-0.3, -0.25) is 4.79 Å². The molecule has 1 aliphatic heterocycles. The van der Waals surface area contributed by atoms with Crippen LogP contribution in [-0.4, -0.2) is 25.0 Å². The second-order valence-corrected chi connectivity index (χ2v) is 6.36. The van der Waals surface area contributed by atoms with Crippen molar-refractivity contribution in [2.45, 2.75) is 6.04 Å². The fourth-order valence-corrected chi connectivity index (χ4v) is 3.96. The topological polar surface area (TPSA) is 41.1 Å². The van der Waals surface area contributed by atoms with Gasteiger partial charge in [-0.25, -0.2) is 4.39 Å². The van der Waals surface area contributed by atoms with Crippen LogP contribution in [0.4, 0.5) is 4.39 Å². The number of rotatable bonds is 2. The second kappa shape index (κ2) is 4.02. The van der Waals surface area contributed by atoms with Crippen LogP contribution in [0, 0.1) is 17.7 Å². The number of amides is 1. The molecule has 2 fully saturated rings. The van der Waals surface area contributed by atoms with Gasteiger partial charge in [0.2, 0.25) is 0 Å². The maximum Gasteiger partial charge on any atom is 0.261 e. The SMILES string of the molecule is O=C(NC1C2CNCC21)c1cc2ccc(F)cc2s1. The van der Waals surface area contributed by atoms with Crippen LogP contribution < -0.4 is 10.6 Å². The van der Waals surface area contributed by atoms with Crippen LogP contribution in [0.5, 0.6) is 0 Å². The van der Waals surface area contributed by atoms with Gasteiger partial charge in [0.25, 0.3) is 5.91 Å². The summed E-state index contributed by atoms with van der Waals surface area (Å²) in [6.07, 6.45) is 0. The lowest BCUT2D eigenvalue weighted by molar-refractivity contribution is 0.0950. The largest absolute Gasteiger partial charge is 0.348 e. The highest BCUT2D eigenvalue weighted by atomic mass is 32.1. The maximum atomic E-state index is 13.1. The molecule has 19 heavy (non-hydrogen) atoms. The van der Waals surface area contributed by atoms with Crippen molar-refractivity contribution in [2.24, 2.45) is 11.8 Å². The van der Waals surface area contributed by atoms with Gasteiger partial charge in [-0.2, -0.15) is 0 Å². The van der Waals surface area contributed by atoms with Crippen LogP contribution in [0.2, 0.25) is 0 Å². The average Bonchev–Trinajstić information content (AvgIpc) is 2.83. The Morgan fingerprint density at radius 1 is 1.32 bits per heavy atom. The Hall–Kier alpha value is -1.46. The fraction of sp³-hybridized carbons (Fsp3) is 0.357. The Balaban J connectivity index is 1.55. The molecule has 1 aromatic carbocycles. The number of benzene rings is 1. The Kier molecular flexibility index (Phi) is 2.40. The molecule has 2 atom stereocenters. The van der Waals surface area contributed by atoms with Crippen molar-refractivity contribution in [2.75, 3.05) is 13.1 Å². The van der Waals surface area contributed by atoms with Gasteiger partial charge in [0.05, 0.1) is 4.88 Å². The van der Waals surface area contributed by atoms with Crippen molar-refractivity contribution in [3.05, 3.63) is 35.0 Å². The zero-order valence-corrected chi connectivity index (χ0v) is 11.0. The van der Waals surface area contributed by atoms with Crippen molar-refractivity contribution in [1.29, 1.82) is 0 Å². The molecule has 98 valence electrons. The molecule has 3 nitrogen and oxygen atoms in total. The summed E-state index contributed by atoms with van der Waals surface area (Å²) in [5.41, 5.74) is 0. The van der Waals surface area contributed by atoms with Crippen LogP contribution in [0.25, 0.3) is 10.1 Å². The molecular formula is C14H13FN2OS. The predicted octanol–water partition coefficient (Wildman–Crippen LogP) is 1.99. The number of fused-ring (bicyclic) bond motifs is 2. The van der Waals surface area contributed by atoms with Gasteiger partial charge in [0, 0.05) is 23.8 Å². The molecule has 0 radical (unpaired) electrons. The maximum absolute atomic E-state index is 13.1. The number of hydrogen-bond donors (Lipinski definition) is 2. The van der Waals surface area contributed by atoms with E-state index in [0.717, 1.165) is 23.2 Å². The molecule has 2 heterocycles.